The van der Waals surface area contributed by atoms with Gasteiger partial charge in [0, 0.05) is 4.92 Å². The zero-order valence-corrected chi connectivity index (χ0v) is 8.28. The van der Waals surface area contributed by atoms with Crippen LogP contribution < -0.4 is 0 Å². The van der Waals surface area contributed by atoms with E-state index in [0.29, 0.717) is 0 Å². The van der Waals surface area contributed by atoms with Crippen LogP contribution in [0.25, 0.3) is 0 Å². The predicted octanol–water partition coefficient (Wildman–Crippen LogP) is 1.21. The molecule has 4 nitrogen and oxygen atoms in total. The molecule has 0 heterocycles. The molecule has 1 rings (SSSR count). The standard InChI is InChI=1S/C6H4NO2.C2H5O.V/c8-7(9)6-4-2-1-3-5-6;1-2-3;/h2-5H;3H,1-2H2;/q2*-1;+2. The number of aliphatic hydroxyl groups excluding tert-OH is 1. The first-order valence-corrected chi connectivity index (χ1v) is 3.23. The summed E-state index contributed by atoms with van der Waals surface area (Å²) in [5.74, 6) is 0. The average Bonchev–Trinajstić information content (AvgIpc) is 2.07. The van der Waals surface area contributed by atoms with Crippen molar-refractivity contribution in [3.05, 3.63) is 47.4 Å². The van der Waals surface area contributed by atoms with Crippen LogP contribution in [-0.4, -0.2) is 16.6 Å². The van der Waals surface area contributed by atoms with Crippen molar-refractivity contribution in [2.45, 2.75) is 0 Å². The third-order valence-corrected chi connectivity index (χ3v) is 0.911. The largest absolute Gasteiger partial charge is 2.00 e. The van der Waals surface area contributed by atoms with E-state index < -0.39 is 4.92 Å². The van der Waals surface area contributed by atoms with Crippen molar-refractivity contribution in [3.8, 4) is 0 Å². The number of rotatable bonds is 1. The van der Waals surface area contributed by atoms with Crippen LogP contribution in [0.2, 0.25) is 0 Å². The van der Waals surface area contributed by atoms with E-state index in [1.807, 2.05) is 0 Å². The summed E-state index contributed by atoms with van der Waals surface area (Å²) < 4.78 is 0. The van der Waals surface area contributed by atoms with Crippen molar-refractivity contribution >= 4 is 5.69 Å². The second-order valence-corrected chi connectivity index (χ2v) is 1.74. The number of hydrogen-bond acceptors (Lipinski definition) is 3. The van der Waals surface area contributed by atoms with Gasteiger partial charge in [-0.15, -0.1) is 0 Å². The molecule has 5 heteroatoms. The summed E-state index contributed by atoms with van der Waals surface area (Å²) in [4.78, 5) is 9.56. The fourth-order valence-corrected chi connectivity index (χ4v) is 0.500. The molecule has 0 saturated heterocycles. The molecule has 13 heavy (non-hydrogen) atoms. The van der Waals surface area contributed by atoms with E-state index >= 15 is 0 Å². The Morgan fingerprint density at radius 2 is 1.92 bits per heavy atom. The van der Waals surface area contributed by atoms with Crippen molar-refractivity contribution in [1.29, 1.82) is 0 Å². The number of aliphatic hydroxyl groups is 1. The summed E-state index contributed by atoms with van der Waals surface area (Å²) in [5, 5.41) is 17.5. The summed E-state index contributed by atoms with van der Waals surface area (Å²) in [7, 11) is 0. The predicted molar refractivity (Wildman–Crippen MR) is 44.4 cm³/mol. The van der Waals surface area contributed by atoms with Gasteiger partial charge in [0.15, 0.2) is 5.69 Å². The molecule has 0 amide bonds. The summed E-state index contributed by atoms with van der Waals surface area (Å²) in [6.07, 6.45) is 0. The second kappa shape index (κ2) is 9.25. The van der Waals surface area contributed by atoms with E-state index in [0.717, 1.165) is 0 Å². The number of benzene rings is 1. The molecule has 1 N–H and O–H groups in total. The quantitative estimate of drug-likeness (QED) is 0.437. The van der Waals surface area contributed by atoms with E-state index in [1.54, 1.807) is 0 Å². The first kappa shape index (κ1) is 14.7. The van der Waals surface area contributed by atoms with Crippen LogP contribution in [0.4, 0.5) is 5.69 Å². The number of hydrogen-bond donors (Lipinski definition) is 1. The molecule has 69 valence electrons. The van der Waals surface area contributed by atoms with Crippen molar-refractivity contribution in [2.75, 3.05) is 6.61 Å². The molecule has 1 aromatic carbocycles. The van der Waals surface area contributed by atoms with Crippen molar-refractivity contribution in [1.82, 2.24) is 0 Å². The first-order chi connectivity index (χ1) is 5.72. The number of nitro groups is 1. The molecule has 0 saturated carbocycles. The van der Waals surface area contributed by atoms with Gasteiger partial charge in [0.05, 0.1) is 0 Å². The summed E-state index contributed by atoms with van der Waals surface area (Å²) in [6, 6.07) is 8.51. The number of non-ortho nitro benzene ring substituents is 1. The average molecular weight is 218 g/mol. The van der Waals surface area contributed by atoms with Gasteiger partial charge in [-0.05, 0) is 0 Å². The van der Waals surface area contributed by atoms with E-state index in [4.69, 9.17) is 5.11 Å². The van der Waals surface area contributed by atoms with Gasteiger partial charge < -0.3 is 12.0 Å². The van der Waals surface area contributed by atoms with Gasteiger partial charge in [0.1, 0.15) is 0 Å². The van der Waals surface area contributed by atoms with Crippen LogP contribution in [0.15, 0.2) is 24.3 Å². The summed E-state index contributed by atoms with van der Waals surface area (Å²) >= 11 is 0. The second-order valence-electron chi connectivity index (χ2n) is 1.74. The van der Waals surface area contributed by atoms with Crippen molar-refractivity contribution < 1.29 is 28.6 Å². The molecule has 0 atom stereocenters. The van der Waals surface area contributed by atoms with Gasteiger partial charge in [-0.1, -0.05) is 18.7 Å². The van der Waals surface area contributed by atoms with Crippen LogP contribution in [0.3, 0.4) is 0 Å². The molecule has 1 aromatic rings. The summed E-state index contributed by atoms with van der Waals surface area (Å²) in [5.41, 5.74) is 0.105. The fourth-order valence-electron chi connectivity index (χ4n) is 0.500. The molecule has 0 aliphatic rings. The van der Waals surface area contributed by atoms with Gasteiger partial charge >= 0.3 is 18.6 Å². The Bertz CT molecular complexity index is 228. The van der Waals surface area contributed by atoms with Crippen molar-refractivity contribution in [3.63, 3.8) is 0 Å². The molecule has 0 bridgehead atoms. The SMILES string of the molecule is O=[N+]([O-])c1cc[c-]cc1.[CH2-]CO.[V+2]. The minimum absolute atomic E-state index is 0. The monoisotopic (exact) mass is 218 g/mol. The Morgan fingerprint density at radius 1 is 1.54 bits per heavy atom. The zero-order chi connectivity index (χ0) is 9.40. The molecular formula is C8H9NO3V. The van der Waals surface area contributed by atoms with E-state index in [1.165, 1.54) is 24.3 Å². The van der Waals surface area contributed by atoms with E-state index in [9.17, 15) is 10.1 Å². The Kier molecular flexibility index (Phi) is 10.4. The van der Waals surface area contributed by atoms with Gasteiger partial charge in [0.25, 0.3) is 0 Å². The molecule has 1 radical (unpaired) electrons. The normalized spacial score (nSPS) is 7.54. The number of nitro benzene ring substituents is 1. The maximum atomic E-state index is 9.99. The Hall–Kier alpha value is -0.836. The van der Waals surface area contributed by atoms with Crippen LogP contribution in [0.1, 0.15) is 0 Å². The van der Waals surface area contributed by atoms with Gasteiger partial charge in [-0.2, -0.15) is 18.2 Å². The van der Waals surface area contributed by atoms with Crippen LogP contribution in [-0.2, 0) is 18.6 Å². The van der Waals surface area contributed by atoms with E-state index in [-0.39, 0.29) is 30.8 Å². The molecule has 0 unspecified atom stereocenters. The third kappa shape index (κ3) is 7.52. The van der Waals surface area contributed by atoms with Crippen molar-refractivity contribution in [2.24, 2.45) is 0 Å². The minimum Gasteiger partial charge on any atom is -0.428 e. The maximum Gasteiger partial charge on any atom is 2.00 e. The van der Waals surface area contributed by atoms with E-state index in [2.05, 4.69) is 13.0 Å². The van der Waals surface area contributed by atoms with Crippen LogP contribution >= 0.6 is 0 Å². The van der Waals surface area contributed by atoms with Gasteiger partial charge in [-0.25, -0.2) is 0 Å². The molecular weight excluding hydrogens is 209 g/mol. The molecule has 0 aromatic heterocycles. The van der Waals surface area contributed by atoms with Crippen LogP contribution in [0, 0.1) is 23.1 Å². The van der Waals surface area contributed by atoms with Gasteiger partial charge in [-0.3, -0.25) is 10.1 Å². The Balaban J connectivity index is 0. The van der Waals surface area contributed by atoms with Crippen LogP contribution in [0.5, 0.6) is 0 Å². The zero-order valence-electron chi connectivity index (χ0n) is 6.88. The topological polar surface area (TPSA) is 63.4 Å². The smallest absolute Gasteiger partial charge is 0.428 e. The Morgan fingerprint density at radius 3 is 2.15 bits per heavy atom. The Labute approximate surface area is 88.6 Å². The molecule has 0 aliphatic carbocycles. The fraction of sp³-hybridized carbons (Fsp3) is 0.125. The molecule has 0 spiro atoms. The maximum absolute atomic E-state index is 9.99. The summed E-state index contributed by atoms with van der Waals surface area (Å²) in [6.45, 7) is 3.04. The number of nitrogens with zero attached hydrogens (tertiary/aromatic N) is 1. The minimum atomic E-state index is -0.437. The molecule has 0 fully saturated rings. The first-order valence-electron chi connectivity index (χ1n) is 3.23. The van der Waals surface area contributed by atoms with Gasteiger partial charge in [0.2, 0.25) is 0 Å². The third-order valence-electron chi connectivity index (χ3n) is 0.911. The molecule has 0 aliphatic heterocycles.